The van der Waals surface area contributed by atoms with Gasteiger partial charge in [0.1, 0.15) is 0 Å². The Morgan fingerprint density at radius 3 is 2.77 bits per heavy atom. The lowest BCUT2D eigenvalue weighted by Crippen LogP contribution is -1.88. The molecule has 0 saturated heterocycles. The van der Waals surface area contributed by atoms with Gasteiger partial charge in [-0.2, -0.15) is 0 Å². The van der Waals surface area contributed by atoms with E-state index in [0.29, 0.717) is 0 Å². The van der Waals surface area contributed by atoms with Gasteiger partial charge in [-0.25, -0.2) is 0 Å². The average molecular weight is 285 g/mol. The predicted molar refractivity (Wildman–Crippen MR) is 65.7 cm³/mol. The fourth-order valence-corrected chi connectivity index (χ4v) is 2.01. The molecular weight excluding hydrogens is 271 g/mol. The van der Waals surface area contributed by atoms with Gasteiger partial charge in [-0.3, -0.25) is 0 Å². The van der Waals surface area contributed by atoms with Gasteiger partial charge >= 0.3 is 0 Å². The van der Waals surface area contributed by atoms with Gasteiger partial charge in [-0.1, -0.05) is 26.0 Å². The summed E-state index contributed by atoms with van der Waals surface area (Å²) in [7, 11) is 0. The number of unbranched alkanes of at least 4 members (excludes halogenated alkanes) is 1. The summed E-state index contributed by atoms with van der Waals surface area (Å²) in [6.45, 7) is 5.88. The Kier molecular flexibility index (Phi) is 4.50. The molecule has 0 aliphatic carbocycles. The minimum absolute atomic E-state index is 1.11. The molecule has 0 heterocycles. The van der Waals surface area contributed by atoms with Crippen molar-refractivity contribution in [2.75, 3.05) is 0 Å². The van der Waals surface area contributed by atoms with Crippen molar-refractivity contribution in [2.24, 2.45) is 0 Å². The standard InChI is InChI=1S/C12H14I/c1-3-5-6-11-7-10(4-2)8-12(13)9-11/h7-9H,2-3,5-6H2,1H3. The van der Waals surface area contributed by atoms with E-state index in [4.69, 9.17) is 0 Å². The van der Waals surface area contributed by atoms with Crippen LogP contribution < -0.4 is 0 Å². The molecule has 13 heavy (non-hydrogen) atoms. The average Bonchev–Trinajstić information content (AvgIpc) is 2.14. The lowest BCUT2D eigenvalue weighted by Gasteiger charge is -2.02. The number of hydrogen-bond donors (Lipinski definition) is 0. The molecule has 0 nitrogen and oxygen atoms in total. The lowest BCUT2D eigenvalue weighted by molar-refractivity contribution is 0.794. The summed E-state index contributed by atoms with van der Waals surface area (Å²) in [4.78, 5) is 0. The van der Waals surface area contributed by atoms with E-state index in [0.717, 1.165) is 5.56 Å². The van der Waals surface area contributed by atoms with E-state index in [9.17, 15) is 0 Å². The first-order valence-electron chi connectivity index (χ1n) is 4.59. The molecule has 0 spiro atoms. The van der Waals surface area contributed by atoms with Crippen LogP contribution in [0.4, 0.5) is 0 Å². The molecule has 1 rings (SSSR count). The second-order valence-corrected chi connectivity index (χ2v) is 4.37. The van der Waals surface area contributed by atoms with Crippen molar-refractivity contribution in [3.8, 4) is 0 Å². The van der Waals surface area contributed by atoms with E-state index in [1.165, 1.54) is 28.4 Å². The van der Waals surface area contributed by atoms with E-state index < -0.39 is 0 Å². The molecule has 0 saturated carbocycles. The second-order valence-electron chi connectivity index (χ2n) is 3.13. The molecule has 0 aromatic heterocycles. The zero-order valence-corrected chi connectivity index (χ0v) is 10.1. The van der Waals surface area contributed by atoms with Crippen LogP contribution in [0.2, 0.25) is 0 Å². The van der Waals surface area contributed by atoms with Gasteiger partial charge in [0.2, 0.25) is 0 Å². The molecule has 0 bridgehead atoms. The summed E-state index contributed by atoms with van der Waals surface area (Å²) < 4.78 is 1.28. The molecule has 0 amide bonds. The van der Waals surface area contributed by atoms with Crippen molar-refractivity contribution >= 4 is 22.6 Å². The van der Waals surface area contributed by atoms with E-state index in [1.54, 1.807) is 0 Å². The van der Waals surface area contributed by atoms with Crippen molar-refractivity contribution in [1.29, 1.82) is 0 Å². The lowest BCUT2D eigenvalue weighted by atomic mass is 10.1. The fourth-order valence-electron chi connectivity index (χ4n) is 1.28. The van der Waals surface area contributed by atoms with Gasteiger partial charge in [0.25, 0.3) is 0 Å². The van der Waals surface area contributed by atoms with Gasteiger partial charge in [0.15, 0.2) is 0 Å². The number of rotatable bonds is 4. The van der Waals surface area contributed by atoms with Gasteiger partial charge in [-0.15, -0.1) is 0 Å². The van der Waals surface area contributed by atoms with E-state index in [2.05, 4.69) is 60.4 Å². The Morgan fingerprint density at radius 2 is 2.15 bits per heavy atom. The molecule has 0 N–H and O–H groups in total. The van der Waals surface area contributed by atoms with Crippen molar-refractivity contribution in [3.63, 3.8) is 0 Å². The van der Waals surface area contributed by atoms with Gasteiger partial charge < -0.3 is 0 Å². The SMILES string of the molecule is C=[C]c1cc(I)cc(CCCC)c1. The maximum atomic E-state index is 3.67. The quantitative estimate of drug-likeness (QED) is 0.734. The smallest absolute Gasteiger partial charge is 0.0139 e. The summed E-state index contributed by atoms with van der Waals surface area (Å²) in [5.41, 5.74) is 2.51. The first-order valence-corrected chi connectivity index (χ1v) is 5.66. The highest BCUT2D eigenvalue weighted by Gasteiger charge is 1.96. The molecule has 0 aliphatic heterocycles. The molecular formula is C12H14I. The zero-order valence-electron chi connectivity index (χ0n) is 7.94. The minimum atomic E-state index is 1.11. The van der Waals surface area contributed by atoms with E-state index in [-0.39, 0.29) is 0 Å². The Bertz CT molecular complexity index is 289. The Hall–Kier alpha value is -0.310. The third-order valence-electron chi connectivity index (χ3n) is 1.98. The van der Waals surface area contributed by atoms with Crippen LogP contribution in [0.1, 0.15) is 30.9 Å². The summed E-state index contributed by atoms with van der Waals surface area (Å²) in [5.74, 6) is 0. The van der Waals surface area contributed by atoms with Crippen molar-refractivity contribution < 1.29 is 0 Å². The van der Waals surface area contributed by atoms with Gasteiger partial charge in [0.05, 0.1) is 0 Å². The van der Waals surface area contributed by atoms with Gasteiger partial charge in [-0.05, 0) is 64.8 Å². The third-order valence-corrected chi connectivity index (χ3v) is 2.60. The predicted octanol–water partition coefficient (Wildman–Crippen LogP) is 3.97. The highest BCUT2D eigenvalue weighted by atomic mass is 127. The number of benzene rings is 1. The summed E-state index contributed by atoms with van der Waals surface area (Å²) in [6, 6.07) is 6.50. The largest absolute Gasteiger partial charge is 0.0906 e. The maximum Gasteiger partial charge on any atom is 0.0139 e. The Labute approximate surface area is 94.2 Å². The first kappa shape index (κ1) is 10.8. The topological polar surface area (TPSA) is 0 Å². The Morgan fingerprint density at radius 1 is 1.38 bits per heavy atom. The first-order chi connectivity index (χ1) is 6.26. The monoisotopic (exact) mass is 285 g/mol. The normalized spacial score (nSPS) is 10.0. The molecule has 0 unspecified atom stereocenters. The van der Waals surface area contributed by atoms with Crippen LogP contribution in [-0.4, -0.2) is 0 Å². The van der Waals surface area contributed by atoms with Crippen LogP contribution in [-0.2, 0) is 6.42 Å². The van der Waals surface area contributed by atoms with Crippen LogP contribution in [0.3, 0.4) is 0 Å². The fraction of sp³-hybridized carbons (Fsp3) is 0.333. The minimum Gasteiger partial charge on any atom is -0.0906 e. The maximum absolute atomic E-state index is 3.67. The molecule has 1 radical (unpaired) electrons. The summed E-state index contributed by atoms with van der Waals surface area (Å²) in [6.07, 6.45) is 6.61. The highest BCUT2D eigenvalue weighted by Crippen LogP contribution is 2.14. The van der Waals surface area contributed by atoms with Crippen LogP contribution in [0.5, 0.6) is 0 Å². The summed E-state index contributed by atoms with van der Waals surface area (Å²) >= 11 is 2.34. The van der Waals surface area contributed by atoms with Crippen molar-refractivity contribution in [1.82, 2.24) is 0 Å². The zero-order chi connectivity index (χ0) is 9.68. The van der Waals surface area contributed by atoms with E-state index >= 15 is 0 Å². The van der Waals surface area contributed by atoms with E-state index in [1.807, 2.05) is 0 Å². The molecule has 0 fully saturated rings. The highest BCUT2D eigenvalue weighted by molar-refractivity contribution is 14.1. The van der Waals surface area contributed by atoms with Crippen LogP contribution in [0, 0.1) is 9.65 Å². The van der Waals surface area contributed by atoms with Gasteiger partial charge in [0, 0.05) is 3.57 Å². The molecule has 1 heteroatoms. The molecule has 69 valence electrons. The number of hydrogen-bond acceptors (Lipinski definition) is 0. The molecule has 0 aliphatic rings. The number of halogens is 1. The third kappa shape index (κ3) is 3.51. The Balaban J connectivity index is 2.81. The molecule has 1 aromatic rings. The van der Waals surface area contributed by atoms with Crippen LogP contribution >= 0.6 is 22.6 Å². The second kappa shape index (κ2) is 5.43. The molecule has 1 aromatic carbocycles. The van der Waals surface area contributed by atoms with Crippen molar-refractivity contribution in [3.05, 3.63) is 45.6 Å². The summed E-state index contributed by atoms with van der Waals surface area (Å²) in [5, 5.41) is 0. The van der Waals surface area contributed by atoms with Crippen molar-refractivity contribution in [2.45, 2.75) is 26.2 Å². The van der Waals surface area contributed by atoms with Crippen LogP contribution in [0.25, 0.3) is 0 Å². The number of aryl methyl sites for hydroxylation is 1. The van der Waals surface area contributed by atoms with Crippen LogP contribution in [0.15, 0.2) is 24.8 Å². The molecule has 0 atom stereocenters.